The molecule has 0 saturated carbocycles. The van der Waals surface area contributed by atoms with Crippen LogP contribution in [0.25, 0.3) is 11.4 Å². The summed E-state index contributed by atoms with van der Waals surface area (Å²) in [7, 11) is 0. The fourth-order valence-corrected chi connectivity index (χ4v) is 1.20. The molecule has 15 heavy (non-hydrogen) atoms. The quantitative estimate of drug-likeness (QED) is 0.736. The Morgan fingerprint density at radius 3 is 2.00 bits per heavy atom. The van der Waals surface area contributed by atoms with E-state index >= 15 is 0 Å². The van der Waals surface area contributed by atoms with Gasteiger partial charge in [0, 0.05) is 5.56 Å². The molecule has 1 heterocycles. The number of hydrogen-bond donors (Lipinski definition) is 2. The molecular weight excluding hydrogens is 195 g/mol. The maximum atomic E-state index is 13.1. The number of nitrogens with two attached hydrogens (primary N) is 2. The highest BCUT2D eigenvalue weighted by atomic mass is 19.1. The van der Waals surface area contributed by atoms with Crippen LogP contribution >= 0.6 is 0 Å². The largest absolute Gasteiger partial charge is 0.381 e. The molecule has 0 unspecified atom stereocenters. The lowest BCUT2D eigenvalue weighted by Crippen LogP contribution is -2.05. The third kappa shape index (κ3) is 1.71. The summed E-state index contributed by atoms with van der Waals surface area (Å²) < 4.78 is 13.1. The van der Waals surface area contributed by atoms with Gasteiger partial charge in [-0.3, -0.25) is 0 Å². The van der Waals surface area contributed by atoms with Gasteiger partial charge in [-0.1, -0.05) is 30.3 Å². The number of anilines is 2. The van der Waals surface area contributed by atoms with Crippen molar-refractivity contribution in [2.24, 2.45) is 0 Å². The van der Waals surface area contributed by atoms with E-state index in [2.05, 4.69) is 9.97 Å². The predicted molar refractivity (Wildman–Crippen MR) is 56.3 cm³/mol. The number of hydrogen-bond acceptors (Lipinski definition) is 4. The van der Waals surface area contributed by atoms with Gasteiger partial charge < -0.3 is 11.5 Å². The lowest BCUT2D eigenvalue weighted by atomic mass is 10.2. The minimum absolute atomic E-state index is 0.235. The van der Waals surface area contributed by atoms with Crippen LogP contribution in [-0.4, -0.2) is 9.97 Å². The molecule has 2 aromatic rings. The number of nitrogens with zero attached hydrogens (tertiary/aromatic N) is 2. The second-order valence-electron chi connectivity index (χ2n) is 3.00. The summed E-state index contributed by atoms with van der Waals surface area (Å²) in [5.74, 6) is -0.913. The molecule has 0 aliphatic rings. The van der Waals surface area contributed by atoms with E-state index in [1.54, 1.807) is 12.1 Å². The van der Waals surface area contributed by atoms with Crippen molar-refractivity contribution in [3.05, 3.63) is 36.1 Å². The highest BCUT2D eigenvalue weighted by Crippen LogP contribution is 2.20. The van der Waals surface area contributed by atoms with Gasteiger partial charge in [0.2, 0.25) is 5.82 Å². The van der Waals surface area contributed by atoms with Gasteiger partial charge in [-0.2, -0.15) is 4.39 Å². The molecule has 0 fully saturated rings. The molecule has 0 aliphatic heterocycles. The van der Waals surface area contributed by atoms with Crippen LogP contribution in [-0.2, 0) is 0 Å². The number of aromatic nitrogens is 2. The molecule has 0 radical (unpaired) electrons. The first-order chi connectivity index (χ1) is 7.18. The summed E-state index contributed by atoms with van der Waals surface area (Å²) in [4.78, 5) is 7.63. The minimum Gasteiger partial charge on any atom is -0.381 e. The summed E-state index contributed by atoms with van der Waals surface area (Å²) >= 11 is 0. The smallest absolute Gasteiger partial charge is 0.207 e. The van der Waals surface area contributed by atoms with Crippen LogP contribution in [0.3, 0.4) is 0 Å². The Kier molecular flexibility index (Phi) is 2.21. The van der Waals surface area contributed by atoms with Gasteiger partial charge in [0.1, 0.15) is 0 Å². The van der Waals surface area contributed by atoms with E-state index in [4.69, 9.17) is 11.5 Å². The Hall–Kier alpha value is -2.17. The first-order valence-corrected chi connectivity index (χ1v) is 4.32. The van der Waals surface area contributed by atoms with E-state index in [0.29, 0.717) is 5.82 Å². The van der Waals surface area contributed by atoms with E-state index in [1.807, 2.05) is 18.2 Å². The molecule has 0 bridgehead atoms. The van der Waals surface area contributed by atoms with E-state index in [-0.39, 0.29) is 11.6 Å². The topological polar surface area (TPSA) is 77.8 Å². The molecule has 5 heteroatoms. The molecule has 0 saturated heterocycles. The maximum Gasteiger partial charge on any atom is 0.207 e. The standard InChI is InChI=1S/C10H9FN4/c11-7-8(12)14-10(15-9(7)13)6-4-2-1-3-5-6/h1-5H,(H4,12,13,14,15). The van der Waals surface area contributed by atoms with Crippen LogP contribution in [0.1, 0.15) is 0 Å². The molecule has 0 atom stereocenters. The number of halogens is 1. The second kappa shape index (κ2) is 3.53. The summed E-state index contributed by atoms with van der Waals surface area (Å²) in [5, 5.41) is 0. The van der Waals surface area contributed by atoms with Gasteiger partial charge in [-0.15, -0.1) is 0 Å². The Bertz CT molecular complexity index is 461. The van der Waals surface area contributed by atoms with Crippen LogP contribution in [0.5, 0.6) is 0 Å². The monoisotopic (exact) mass is 204 g/mol. The Morgan fingerprint density at radius 2 is 1.47 bits per heavy atom. The van der Waals surface area contributed by atoms with Crippen molar-refractivity contribution in [3.63, 3.8) is 0 Å². The third-order valence-corrected chi connectivity index (χ3v) is 1.93. The fraction of sp³-hybridized carbons (Fsp3) is 0. The van der Waals surface area contributed by atoms with Crippen LogP contribution in [0, 0.1) is 5.82 Å². The summed E-state index contributed by atoms with van der Waals surface area (Å²) in [6.07, 6.45) is 0. The van der Waals surface area contributed by atoms with E-state index in [9.17, 15) is 4.39 Å². The van der Waals surface area contributed by atoms with Crippen molar-refractivity contribution in [1.82, 2.24) is 9.97 Å². The normalized spacial score (nSPS) is 10.2. The van der Waals surface area contributed by atoms with Crippen LogP contribution in [0.4, 0.5) is 16.0 Å². The molecule has 0 aliphatic carbocycles. The lowest BCUT2D eigenvalue weighted by molar-refractivity contribution is 0.626. The molecule has 76 valence electrons. The molecule has 2 rings (SSSR count). The van der Waals surface area contributed by atoms with E-state index in [0.717, 1.165) is 5.56 Å². The zero-order valence-electron chi connectivity index (χ0n) is 7.81. The molecule has 1 aromatic carbocycles. The summed E-state index contributed by atoms with van der Waals surface area (Å²) in [5.41, 5.74) is 11.5. The van der Waals surface area contributed by atoms with Gasteiger partial charge in [0.05, 0.1) is 0 Å². The Balaban J connectivity index is 2.56. The van der Waals surface area contributed by atoms with Crippen LogP contribution < -0.4 is 11.5 Å². The average Bonchev–Trinajstić information content (AvgIpc) is 2.26. The first kappa shape index (κ1) is 9.39. The van der Waals surface area contributed by atoms with Gasteiger partial charge in [-0.25, -0.2) is 9.97 Å². The first-order valence-electron chi connectivity index (χ1n) is 4.32. The SMILES string of the molecule is Nc1nc(-c2ccccc2)nc(N)c1F. The minimum atomic E-state index is -0.769. The van der Waals surface area contributed by atoms with Crippen molar-refractivity contribution in [2.75, 3.05) is 11.5 Å². The molecule has 1 aromatic heterocycles. The van der Waals surface area contributed by atoms with Crippen LogP contribution in [0.15, 0.2) is 30.3 Å². The maximum absolute atomic E-state index is 13.1. The van der Waals surface area contributed by atoms with E-state index < -0.39 is 5.82 Å². The third-order valence-electron chi connectivity index (χ3n) is 1.93. The Morgan fingerprint density at radius 1 is 0.933 bits per heavy atom. The summed E-state index contributed by atoms with van der Waals surface area (Å²) in [6.45, 7) is 0. The van der Waals surface area contributed by atoms with Crippen molar-refractivity contribution in [1.29, 1.82) is 0 Å². The zero-order valence-corrected chi connectivity index (χ0v) is 7.81. The average molecular weight is 204 g/mol. The highest BCUT2D eigenvalue weighted by Gasteiger charge is 2.09. The van der Waals surface area contributed by atoms with Crippen LogP contribution in [0.2, 0.25) is 0 Å². The van der Waals surface area contributed by atoms with E-state index in [1.165, 1.54) is 0 Å². The van der Waals surface area contributed by atoms with Crippen molar-refractivity contribution in [3.8, 4) is 11.4 Å². The second-order valence-corrected chi connectivity index (χ2v) is 3.00. The zero-order chi connectivity index (χ0) is 10.8. The Labute approximate surface area is 85.8 Å². The molecule has 4 N–H and O–H groups in total. The van der Waals surface area contributed by atoms with Gasteiger partial charge in [0.25, 0.3) is 0 Å². The molecule has 0 amide bonds. The number of benzene rings is 1. The van der Waals surface area contributed by atoms with Gasteiger partial charge in [-0.05, 0) is 0 Å². The fourth-order valence-electron chi connectivity index (χ4n) is 1.20. The summed E-state index contributed by atoms with van der Waals surface area (Å²) in [6, 6.07) is 9.11. The van der Waals surface area contributed by atoms with Gasteiger partial charge >= 0.3 is 0 Å². The van der Waals surface area contributed by atoms with Crippen molar-refractivity contribution in [2.45, 2.75) is 0 Å². The number of nitrogen functional groups attached to an aromatic ring is 2. The molecule has 0 spiro atoms. The number of rotatable bonds is 1. The molecular formula is C10H9FN4. The lowest BCUT2D eigenvalue weighted by Gasteiger charge is -2.03. The predicted octanol–water partition coefficient (Wildman–Crippen LogP) is 1.45. The van der Waals surface area contributed by atoms with Crippen molar-refractivity contribution < 1.29 is 4.39 Å². The highest BCUT2D eigenvalue weighted by molar-refractivity contribution is 5.59. The molecule has 4 nitrogen and oxygen atoms in total. The van der Waals surface area contributed by atoms with Crippen molar-refractivity contribution >= 4 is 11.6 Å². The van der Waals surface area contributed by atoms with Gasteiger partial charge in [0.15, 0.2) is 17.5 Å².